The Labute approximate surface area is 145 Å². The summed E-state index contributed by atoms with van der Waals surface area (Å²) in [4.78, 5) is 25.9. The van der Waals surface area contributed by atoms with Crippen LogP contribution in [0.15, 0.2) is 72.3 Å². The molecule has 0 spiro atoms. The minimum absolute atomic E-state index is 0.0855. The van der Waals surface area contributed by atoms with E-state index in [0.29, 0.717) is 16.3 Å². The van der Waals surface area contributed by atoms with Crippen LogP contribution < -0.4 is 4.90 Å². The van der Waals surface area contributed by atoms with Gasteiger partial charge < -0.3 is 0 Å². The van der Waals surface area contributed by atoms with E-state index in [0.717, 1.165) is 11.1 Å². The fourth-order valence-corrected chi connectivity index (χ4v) is 2.72. The minimum Gasteiger partial charge on any atom is -0.274 e. The third-order valence-electron chi connectivity index (χ3n) is 3.84. The van der Waals surface area contributed by atoms with E-state index in [1.807, 2.05) is 49.4 Å². The first-order valence-corrected chi connectivity index (χ1v) is 8.00. The second kappa shape index (κ2) is 6.85. The number of benzene rings is 2. The Hall–Kier alpha value is -2.65. The first kappa shape index (κ1) is 16.2. The van der Waals surface area contributed by atoms with Crippen molar-refractivity contribution in [2.24, 2.45) is 0 Å². The molecule has 0 bridgehead atoms. The molecule has 1 fully saturated rings. The number of rotatable bonds is 3. The molecule has 1 aliphatic rings. The average Bonchev–Trinajstić information content (AvgIpc) is 2.88. The highest BCUT2D eigenvalue weighted by Crippen LogP contribution is 2.27. The summed E-state index contributed by atoms with van der Waals surface area (Å²) in [6.07, 6.45) is 3.38. The lowest BCUT2D eigenvalue weighted by Gasteiger charge is -2.13. The molecule has 2 amide bonds. The Kier molecular flexibility index (Phi) is 4.63. The number of hydrogen-bond acceptors (Lipinski definition) is 2. The molecule has 0 aliphatic carbocycles. The molecule has 3 nitrogen and oxygen atoms in total. The van der Waals surface area contributed by atoms with Crippen LogP contribution in [0.1, 0.15) is 17.5 Å². The quantitative estimate of drug-likeness (QED) is 0.612. The van der Waals surface area contributed by atoms with Gasteiger partial charge in [-0.05, 0) is 30.7 Å². The van der Waals surface area contributed by atoms with Crippen molar-refractivity contribution in [2.75, 3.05) is 4.90 Å². The van der Waals surface area contributed by atoms with Crippen LogP contribution in [0.3, 0.4) is 0 Å². The number of halogens is 1. The first-order chi connectivity index (χ1) is 11.6. The van der Waals surface area contributed by atoms with Crippen LogP contribution in [0.4, 0.5) is 5.69 Å². The zero-order valence-corrected chi connectivity index (χ0v) is 14.0. The molecule has 1 heterocycles. The summed E-state index contributed by atoms with van der Waals surface area (Å²) in [5.41, 5.74) is 2.97. The number of allylic oxidation sites excluding steroid dienone is 2. The topological polar surface area (TPSA) is 37.4 Å². The van der Waals surface area contributed by atoms with Gasteiger partial charge in [0, 0.05) is 10.6 Å². The van der Waals surface area contributed by atoms with Gasteiger partial charge in [-0.2, -0.15) is 0 Å². The SMILES string of the molecule is Cc1ccc(N2C(=O)CC(=CC=C(Cl)c3ccccc3)C2=O)cc1. The van der Waals surface area contributed by atoms with Crippen LogP contribution in [0.2, 0.25) is 0 Å². The predicted octanol–water partition coefficient (Wildman–Crippen LogP) is 4.46. The van der Waals surface area contributed by atoms with Crippen LogP contribution >= 0.6 is 11.6 Å². The molecule has 3 rings (SSSR count). The number of aryl methyl sites for hydroxylation is 1. The maximum absolute atomic E-state index is 12.5. The predicted molar refractivity (Wildman–Crippen MR) is 96.6 cm³/mol. The van der Waals surface area contributed by atoms with Gasteiger partial charge in [-0.3, -0.25) is 9.59 Å². The summed E-state index contributed by atoms with van der Waals surface area (Å²) in [6, 6.07) is 16.8. The van der Waals surface area contributed by atoms with Gasteiger partial charge in [0.2, 0.25) is 5.91 Å². The zero-order valence-electron chi connectivity index (χ0n) is 13.2. The number of anilines is 1. The minimum atomic E-state index is -0.294. The highest BCUT2D eigenvalue weighted by atomic mass is 35.5. The molecule has 2 aromatic rings. The molecular weight excluding hydrogens is 322 g/mol. The molecule has 1 aliphatic heterocycles. The number of nitrogens with zero attached hydrogens (tertiary/aromatic N) is 1. The van der Waals surface area contributed by atoms with E-state index >= 15 is 0 Å². The van der Waals surface area contributed by atoms with E-state index in [2.05, 4.69) is 0 Å². The highest BCUT2D eigenvalue weighted by Gasteiger charge is 2.34. The normalized spacial score (nSPS) is 17.0. The van der Waals surface area contributed by atoms with Crippen molar-refractivity contribution in [1.82, 2.24) is 0 Å². The van der Waals surface area contributed by atoms with Crippen LogP contribution in [0, 0.1) is 6.92 Å². The average molecular weight is 338 g/mol. The van der Waals surface area contributed by atoms with Crippen LogP contribution in [0.25, 0.3) is 5.03 Å². The molecule has 0 radical (unpaired) electrons. The van der Waals surface area contributed by atoms with Crippen molar-refractivity contribution in [1.29, 1.82) is 0 Å². The van der Waals surface area contributed by atoms with E-state index < -0.39 is 0 Å². The van der Waals surface area contributed by atoms with Crippen molar-refractivity contribution in [3.05, 3.63) is 83.4 Å². The van der Waals surface area contributed by atoms with Crippen LogP contribution in [-0.2, 0) is 9.59 Å². The molecule has 0 aromatic heterocycles. The molecule has 24 heavy (non-hydrogen) atoms. The van der Waals surface area contributed by atoms with Gasteiger partial charge in [0.1, 0.15) is 0 Å². The van der Waals surface area contributed by atoms with Crippen molar-refractivity contribution in [3.63, 3.8) is 0 Å². The van der Waals surface area contributed by atoms with E-state index in [-0.39, 0.29) is 18.2 Å². The molecule has 120 valence electrons. The van der Waals surface area contributed by atoms with Crippen LogP contribution in [-0.4, -0.2) is 11.8 Å². The van der Waals surface area contributed by atoms with E-state index in [4.69, 9.17) is 11.6 Å². The zero-order chi connectivity index (χ0) is 17.1. The standard InChI is InChI=1S/C20H16ClNO2/c1-14-7-10-17(11-8-14)22-19(23)13-16(20(22)24)9-12-18(21)15-5-3-2-4-6-15/h2-12H,13H2,1H3. The van der Waals surface area contributed by atoms with Gasteiger partial charge in [-0.1, -0.05) is 65.7 Å². The third-order valence-corrected chi connectivity index (χ3v) is 4.19. The number of amides is 2. The van der Waals surface area contributed by atoms with Gasteiger partial charge in [-0.25, -0.2) is 4.90 Å². The molecule has 0 N–H and O–H groups in total. The van der Waals surface area contributed by atoms with Crippen molar-refractivity contribution in [2.45, 2.75) is 13.3 Å². The first-order valence-electron chi connectivity index (χ1n) is 7.62. The molecule has 0 atom stereocenters. The third kappa shape index (κ3) is 3.31. The highest BCUT2D eigenvalue weighted by molar-refractivity contribution is 6.49. The maximum Gasteiger partial charge on any atom is 0.261 e. The summed E-state index contributed by atoms with van der Waals surface area (Å²) in [5.74, 6) is -0.517. The summed E-state index contributed by atoms with van der Waals surface area (Å²) in [5, 5.41) is 0.525. The number of carbonyl (C=O) groups excluding carboxylic acids is 2. The van der Waals surface area contributed by atoms with Gasteiger partial charge in [0.15, 0.2) is 0 Å². The Bertz CT molecular complexity index is 836. The summed E-state index contributed by atoms with van der Waals surface area (Å²) in [6.45, 7) is 1.96. The fraction of sp³-hybridized carbons (Fsp3) is 0.100. The molecule has 4 heteroatoms. The molecular formula is C20H16ClNO2. The number of carbonyl (C=O) groups is 2. The number of hydrogen-bond donors (Lipinski definition) is 0. The van der Waals surface area contributed by atoms with Crippen molar-refractivity contribution >= 4 is 34.1 Å². The largest absolute Gasteiger partial charge is 0.274 e. The van der Waals surface area contributed by atoms with E-state index in [1.165, 1.54) is 4.90 Å². The lowest BCUT2D eigenvalue weighted by atomic mass is 10.1. The molecule has 0 saturated carbocycles. The van der Waals surface area contributed by atoms with E-state index in [9.17, 15) is 9.59 Å². The van der Waals surface area contributed by atoms with E-state index in [1.54, 1.807) is 24.3 Å². The molecule has 2 aromatic carbocycles. The molecule has 1 saturated heterocycles. The lowest BCUT2D eigenvalue weighted by molar-refractivity contribution is -0.120. The summed E-state index contributed by atoms with van der Waals surface area (Å²) >= 11 is 6.25. The second-order valence-electron chi connectivity index (χ2n) is 5.62. The van der Waals surface area contributed by atoms with Crippen LogP contribution in [0.5, 0.6) is 0 Å². The van der Waals surface area contributed by atoms with Gasteiger partial charge in [-0.15, -0.1) is 0 Å². The number of imide groups is 1. The van der Waals surface area contributed by atoms with Gasteiger partial charge in [0.25, 0.3) is 5.91 Å². The Morgan fingerprint density at radius 3 is 2.38 bits per heavy atom. The summed E-state index contributed by atoms with van der Waals surface area (Å²) < 4.78 is 0. The maximum atomic E-state index is 12.5. The fourth-order valence-electron chi connectivity index (χ4n) is 2.53. The van der Waals surface area contributed by atoms with Gasteiger partial charge >= 0.3 is 0 Å². The Morgan fingerprint density at radius 1 is 1.04 bits per heavy atom. The second-order valence-corrected chi connectivity index (χ2v) is 6.03. The lowest BCUT2D eigenvalue weighted by Crippen LogP contribution is -2.28. The van der Waals surface area contributed by atoms with Gasteiger partial charge in [0.05, 0.1) is 12.1 Å². The Morgan fingerprint density at radius 2 is 1.71 bits per heavy atom. The molecule has 0 unspecified atom stereocenters. The smallest absolute Gasteiger partial charge is 0.261 e. The Balaban J connectivity index is 1.84. The monoisotopic (exact) mass is 337 g/mol. The summed E-state index contributed by atoms with van der Waals surface area (Å²) in [7, 11) is 0. The van der Waals surface area contributed by atoms with Crippen molar-refractivity contribution < 1.29 is 9.59 Å². The van der Waals surface area contributed by atoms with Crippen molar-refractivity contribution in [3.8, 4) is 0 Å².